The van der Waals surface area contributed by atoms with Crippen molar-refractivity contribution < 1.29 is 14.7 Å². The number of hydrogen-bond acceptors (Lipinski definition) is 4. The van der Waals surface area contributed by atoms with Gasteiger partial charge < -0.3 is 10.4 Å². The summed E-state index contributed by atoms with van der Waals surface area (Å²) in [5.74, 6) is -1.07. The van der Waals surface area contributed by atoms with E-state index >= 15 is 0 Å². The van der Waals surface area contributed by atoms with Crippen LogP contribution < -0.4 is 5.32 Å². The molecule has 1 aromatic carbocycles. The van der Waals surface area contributed by atoms with Gasteiger partial charge in [-0.25, -0.2) is 4.98 Å². The van der Waals surface area contributed by atoms with Gasteiger partial charge in [-0.2, -0.15) is 0 Å². The fourth-order valence-corrected chi connectivity index (χ4v) is 2.92. The molecule has 5 nitrogen and oxygen atoms in total. The summed E-state index contributed by atoms with van der Waals surface area (Å²) in [4.78, 5) is 28.0. The van der Waals surface area contributed by atoms with E-state index in [0.717, 1.165) is 10.6 Å². The normalized spacial score (nSPS) is 11.9. The summed E-state index contributed by atoms with van der Waals surface area (Å²) in [6.07, 6.45) is 0.439. The molecular formula is C16H18N2O3S. The molecule has 0 radical (unpaired) electrons. The zero-order chi connectivity index (χ0) is 16.1. The highest BCUT2D eigenvalue weighted by molar-refractivity contribution is 7.14. The Morgan fingerprint density at radius 2 is 2.00 bits per heavy atom. The van der Waals surface area contributed by atoms with E-state index in [1.165, 1.54) is 11.3 Å². The fourth-order valence-electron chi connectivity index (χ4n) is 2.07. The Kier molecular flexibility index (Phi) is 5.27. The monoisotopic (exact) mass is 318 g/mol. The maximum absolute atomic E-state index is 12.4. The molecule has 0 saturated heterocycles. The van der Waals surface area contributed by atoms with Gasteiger partial charge in [0, 0.05) is 18.0 Å². The summed E-state index contributed by atoms with van der Waals surface area (Å²) in [6, 6.07) is 9.35. The minimum absolute atomic E-state index is 0.0364. The van der Waals surface area contributed by atoms with Gasteiger partial charge >= 0.3 is 5.97 Å². The number of aromatic nitrogens is 1. The largest absolute Gasteiger partial charge is 0.481 e. The molecule has 1 atom stereocenters. The maximum atomic E-state index is 12.4. The SMILES string of the molecule is Cc1nc(-c2ccccc2)c(C(=O)NC(C)CCC(=O)O)s1. The number of carboxylic acid groups (broad SMARTS) is 1. The van der Waals surface area contributed by atoms with E-state index in [0.29, 0.717) is 17.0 Å². The first-order valence-corrected chi connectivity index (χ1v) is 7.84. The second-order valence-corrected chi connectivity index (χ2v) is 6.29. The van der Waals surface area contributed by atoms with Crippen molar-refractivity contribution in [2.24, 2.45) is 0 Å². The van der Waals surface area contributed by atoms with Crippen LogP contribution in [0.25, 0.3) is 11.3 Å². The van der Waals surface area contributed by atoms with Gasteiger partial charge in [-0.05, 0) is 20.3 Å². The number of carbonyl (C=O) groups is 2. The Bertz CT molecular complexity index is 667. The van der Waals surface area contributed by atoms with Crippen molar-refractivity contribution in [1.29, 1.82) is 0 Å². The van der Waals surface area contributed by atoms with Crippen LogP contribution in [0.3, 0.4) is 0 Å². The van der Waals surface area contributed by atoms with Gasteiger partial charge in [0.2, 0.25) is 0 Å². The molecule has 0 aliphatic heterocycles. The standard InChI is InChI=1S/C16H18N2O3S/c1-10(8-9-13(19)20)17-16(21)15-14(18-11(2)22-15)12-6-4-3-5-7-12/h3-7,10H,8-9H2,1-2H3,(H,17,21)(H,19,20). The molecule has 2 N–H and O–H groups in total. The fraction of sp³-hybridized carbons (Fsp3) is 0.312. The number of carboxylic acids is 1. The average molecular weight is 318 g/mol. The number of aryl methyl sites for hydroxylation is 1. The third-order valence-corrected chi connectivity index (χ3v) is 4.13. The number of benzene rings is 1. The molecule has 1 amide bonds. The molecule has 0 saturated carbocycles. The molecule has 0 aliphatic rings. The van der Waals surface area contributed by atoms with E-state index < -0.39 is 5.97 Å². The van der Waals surface area contributed by atoms with E-state index in [9.17, 15) is 9.59 Å². The van der Waals surface area contributed by atoms with Crippen molar-refractivity contribution in [1.82, 2.24) is 10.3 Å². The van der Waals surface area contributed by atoms with E-state index in [2.05, 4.69) is 10.3 Å². The number of nitrogens with one attached hydrogen (secondary N) is 1. The Morgan fingerprint density at radius 1 is 1.32 bits per heavy atom. The lowest BCUT2D eigenvalue weighted by Gasteiger charge is -2.12. The van der Waals surface area contributed by atoms with E-state index in [1.54, 1.807) is 6.92 Å². The number of aliphatic carboxylic acids is 1. The van der Waals surface area contributed by atoms with Crippen LogP contribution in [-0.4, -0.2) is 28.0 Å². The number of nitrogens with zero attached hydrogens (tertiary/aromatic N) is 1. The van der Waals surface area contributed by atoms with E-state index in [4.69, 9.17) is 5.11 Å². The van der Waals surface area contributed by atoms with Crippen molar-refractivity contribution in [2.75, 3.05) is 0 Å². The van der Waals surface area contributed by atoms with Crippen molar-refractivity contribution >= 4 is 23.2 Å². The van der Waals surface area contributed by atoms with Gasteiger partial charge in [0.15, 0.2) is 0 Å². The first-order valence-electron chi connectivity index (χ1n) is 7.03. The first kappa shape index (κ1) is 16.2. The minimum atomic E-state index is -0.861. The molecule has 0 bridgehead atoms. The maximum Gasteiger partial charge on any atom is 0.303 e. The van der Waals surface area contributed by atoms with Crippen LogP contribution >= 0.6 is 11.3 Å². The molecule has 1 unspecified atom stereocenters. The van der Waals surface area contributed by atoms with Gasteiger partial charge in [-0.1, -0.05) is 30.3 Å². The zero-order valence-corrected chi connectivity index (χ0v) is 13.3. The summed E-state index contributed by atoms with van der Waals surface area (Å²) in [6.45, 7) is 3.67. The number of thiazole rings is 1. The Morgan fingerprint density at radius 3 is 2.64 bits per heavy atom. The summed E-state index contributed by atoms with van der Waals surface area (Å²) in [7, 11) is 0. The number of amides is 1. The van der Waals surface area contributed by atoms with Gasteiger partial charge in [0.05, 0.1) is 10.7 Å². The molecule has 0 spiro atoms. The third kappa shape index (κ3) is 4.14. The van der Waals surface area contributed by atoms with Gasteiger partial charge in [-0.15, -0.1) is 11.3 Å². The third-order valence-electron chi connectivity index (χ3n) is 3.16. The lowest BCUT2D eigenvalue weighted by atomic mass is 10.1. The smallest absolute Gasteiger partial charge is 0.303 e. The molecule has 22 heavy (non-hydrogen) atoms. The molecule has 116 valence electrons. The lowest BCUT2D eigenvalue weighted by Crippen LogP contribution is -2.32. The van der Waals surface area contributed by atoms with Crippen molar-refractivity contribution in [2.45, 2.75) is 32.7 Å². The Hall–Kier alpha value is -2.21. The quantitative estimate of drug-likeness (QED) is 0.857. The number of rotatable bonds is 6. The lowest BCUT2D eigenvalue weighted by molar-refractivity contribution is -0.137. The second-order valence-electron chi connectivity index (χ2n) is 5.08. The molecule has 1 heterocycles. The summed E-state index contributed by atoms with van der Waals surface area (Å²) >= 11 is 1.34. The first-order chi connectivity index (χ1) is 10.5. The van der Waals surface area contributed by atoms with Crippen LogP contribution in [0.1, 0.15) is 34.4 Å². The molecule has 2 rings (SSSR count). The molecule has 0 fully saturated rings. The highest BCUT2D eigenvalue weighted by atomic mass is 32.1. The van der Waals surface area contributed by atoms with E-state index in [-0.39, 0.29) is 18.4 Å². The number of carbonyl (C=O) groups excluding carboxylic acids is 1. The molecule has 1 aromatic heterocycles. The molecule has 6 heteroatoms. The number of hydrogen-bond donors (Lipinski definition) is 2. The van der Waals surface area contributed by atoms with Crippen molar-refractivity contribution in [3.8, 4) is 11.3 Å². The van der Waals surface area contributed by atoms with Crippen LogP contribution in [0.2, 0.25) is 0 Å². The summed E-state index contributed by atoms with van der Waals surface area (Å²) in [5.41, 5.74) is 1.57. The van der Waals surface area contributed by atoms with Crippen LogP contribution in [0.15, 0.2) is 30.3 Å². The molecule has 2 aromatic rings. The van der Waals surface area contributed by atoms with Crippen LogP contribution in [0.4, 0.5) is 0 Å². The predicted octanol–water partition coefficient (Wildman–Crippen LogP) is 3.10. The van der Waals surface area contributed by atoms with Crippen molar-refractivity contribution in [3.63, 3.8) is 0 Å². The van der Waals surface area contributed by atoms with E-state index in [1.807, 2.05) is 37.3 Å². The van der Waals surface area contributed by atoms with Crippen LogP contribution in [-0.2, 0) is 4.79 Å². The minimum Gasteiger partial charge on any atom is -0.481 e. The topological polar surface area (TPSA) is 79.3 Å². The van der Waals surface area contributed by atoms with Gasteiger partial charge in [0.1, 0.15) is 4.88 Å². The molecule has 0 aliphatic carbocycles. The zero-order valence-electron chi connectivity index (χ0n) is 12.5. The summed E-state index contributed by atoms with van der Waals surface area (Å²) in [5, 5.41) is 12.4. The van der Waals surface area contributed by atoms with Crippen LogP contribution in [0.5, 0.6) is 0 Å². The summed E-state index contributed by atoms with van der Waals surface area (Å²) < 4.78 is 0. The highest BCUT2D eigenvalue weighted by Crippen LogP contribution is 2.27. The molecular weight excluding hydrogens is 300 g/mol. The predicted molar refractivity (Wildman–Crippen MR) is 86.1 cm³/mol. The Balaban J connectivity index is 2.15. The van der Waals surface area contributed by atoms with Gasteiger partial charge in [0.25, 0.3) is 5.91 Å². The van der Waals surface area contributed by atoms with Crippen molar-refractivity contribution in [3.05, 3.63) is 40.2 Å². The Labute approximate surface area is 133 Å². The highest BCUT2D eigenvalue weighted by Gasteiger charge is 2.19. The van der Waals surface area contributed by atoms with Crippen LogP contribution in [0, 0.1) is 6.92 Å². The van der Waals surface area contributed by atoms with Gasteiger partial charge in [-0.3, -0.25) is 9.59 Å². The second kappa shape index (κ2) is 7.17. The average Bonchev–Trinajstić information content (AvgIpc) is 2.88.